The van der Waals surface area contributed by atoms with Crippen molar-refractivity contribution in [2.75, 3.05) is 24.4 Å². The molecule has 0 saturated carbocycles. The summed E-state index contributed by atoms with van der Waals surface area (Å²) in [7, 11) is 1.31. The largest absolute Gasteiger partial charge is 0.477 e. The number of nitrogens with one attached hydrogen (secondary N) is 2. The van der Waals surface area contributed by atoms with Crippen molar-refractivity contribution < 1.29 is 24.2 Å². The molecule has 4 heterocycles. The maximum Gasteiger partial charge on any atom is 0.352 e. The highest BCUT2D eigenvalue weighted by molar-refractivity contribution is 8.01. The standard InChI is InChI=1S/C17H21N9O5S3/c1-3-10-21-24-25(23-10)8-32-6-11(27)20-17(31-2)14(30)26-12(13(28)29)9(4-33-15(17)26)5-34-16-18-7-19-22-16/h7,15H,3-6,8H2,1-2H3,(H,20,27)(H,28,29)(H,18,19,22)/t15?,17-/m1/s1. The van der Waals surface area contributed by atoms with Gasteiger partial charge in [0.1, 0.15) is 23.3 Å². The Labute approximate surface area is 206 Å². The molecular formula is C17H21N9O5S3. The molecular weight excluding hydrogens is 506 g/mol. The van der Waals surface area contributed by atoms with E-state index in [1.807, 2.05) is 6.92 Å². The van der Waals surface area contributed by atoms with E-state index < -0.39 is 28.9 Å². The van der Waals surface area contributed by atoms with Gasteiger partial charge in [0, 0.05) is 25.0 Å². The number of fused-ring (bicyclic) bond motifs is 1. The van der Waals surface area contributed by atoms with Crippen LogP contribution in [0.25, 0.3) is 0 Å². The van der Waals surface area contributed by atoms with Crippen molar-refractivity contribution in [1.82, 2.24) is 45.6 Å². The van der Waals surface area contributed by atoms with Crippen LogP contribution in [-0.4, -0.2) is 98.6 Å². The maximum atomic E-state index is 13.1. The minimum atomic E-state index is -1.63. The van der Waals surface area contributed by atoms with Gasteiger partial charge in [-0.1, -0.05) is 18.7 Å². The van der Waals surface area contributed by atoms with Crippen LogP contribution in [0, 0.1) is 0 Å². The third-order valence-corrected chi connectivity index (χ3v) is 8.20. The fraction of sp³-hybridized carbons (Fsp3) is 0.529. The number of aromatic amines is 1. The lowest BCUT2D eigenvalue weighted by molar-refractivity contribution is -0.192. The molecule has 2 atom stereocenters. The summed E-state index contributed by atoms with van der Waals surface area (Å²) >= 11 is 3.86. The SMILES string of the molecule is CCc1nnn(CSCC(=O)N[C@@]2(OC)C(=O)N3C(C(=O)O)=C(CSc4ncn[nH]4)CSC32)n1. The van der Waals surface area contributed by atoms with Crippen molar-refractivity contribution in [3.05, 3.63) is 23.4 Å². The van der Waals surface area contributed by atoms with Crippen LogP contribution < -0.4 is 5.32 Å². The number of aryl methyl sites for hydroxylation is 1. The Morgan fingerprint density at radius 3 is 2.94 bits per heavy atom. The molecule has 0 bridgehead atoms. The highest BCUT2D eigenvalue weighted by Crippen LogP contribution is 2.47. The molecule has 14 nitrogen and oxygen atoms in total. The Morgan fingerprint density at radius 2 is 2.29 bits per heavy atom. The van der Waals surface area contributed by atoms with Gasteiger partial charge in [-0.2, -0.15) is 9.90 Å². The number of H-pyrrole nitrogens is 1. The number of ether oxygens (including phenoxy) is 1. The number of carboxylic acids is 1. The molecule has 1 saturated heterocycles. The summed E-state index contributed by atoms with van der Waals surface area (Å²) < 4.78 is 5.45. The first-order valence-electron chi connectivity index (χ1n) is 9.99. The minimum absolute atomic E-state index is 0.0273. The lowest BCUT2D eigenvalue weighted by Crippen LogP contribution is -2.80. The van der Waals surface area contributed by atoms with E-state index in [2.05, 4.69) is 35.9 Å². The summed E-state index contributed by atoms with van der Waals surface area (Å²) in [5, 5.41) is 30.7. The number of β-lactam (4-membered cyclic amide) rings is 1. The number of methoxy groups -OCH3 is 1. The number of aliphatic carboxylic acids is 1. The van der Waals surface area contributed by atoms with Crippen LogP contribution in [0.3, 0.4) is 0 Å². The van der Waals surface area contributed by atoms with E-state index in [1.54, 1.807) is 0 Å². The molecule has 0 aliphatic carbocycles. The smallest absolute Gasteiger partial charge is 0.352 e. The lowest BCUT2D eigenvalue weighted by Gasteiger charge is -2.55. The molecule has 1 fully saturated rings. The van der Waals surface area contributed by atoms with E-state index >= 15 is 0 Å². The summed E-state index contributed by atoms with van der Waals surface area (Å²) in [6.45, 7) is 1.91. The van der Waals surface area contributed by atoms with E-state index in [4.69, 9.17) is 4.74 Å². The van der Waals surface area contributed by atoms with Crippen LogP contribution in [-0.2, 0) is 31.4 Å². The number of aromatic nitrogens is 7. The van der Waals surface area contributed by atoms with Crippen LogP contribution in [0.1, 0.15) is 12.7 Å². The number of carbonyl (C=O) groups excluding carboxylic acids is 2. The number of hydrogen-bond donors (Lipinski definition) is 3. The Hall–Kier alpha value is -2.63. The number of tetrazole rings is 1. The maximum absolute atomic E-state index is 13.1. The van der Waals surface area contributed by atoms with Gasteiger partial charge in [-0.25, -0.2) is 9.78 Å². The monoisotopic (exact) mass is 527 g/mol. The fourth-order valence-corrected chi connectivity index (χ4v) is 6.39. The van der Waals surface area contributed by atoms with Crippen LogP contribution >= 0.6 is 35.3 Å². The molecule has 34 heavy (non-hydrogen) atoms. The zero-order chi connectivity index (χ0) is 24.3. The van der Waals surface area contributed by atoms with E-state index in [1.165, 1.54) is 58.4 Å². The van der Waals surface area contributed by atoms with Crippen LogP contribution in [0.5, 0.6) is 0 Å². The van der Waals surface area contributed by atoms with Crippen molar-refractivity contribution in [2.24, 2.45) is 0 Å². The number of thioether (sulfide) groups is 3. The van der Waals surface area contributed by atoms with Gasteiger partial charge in [-0.05, 0) is 10.8 Å². The number of rotatable bonds is 11. The van der Waals surface area contributed by atoms with Gasteiger partial charge in [0.05, 0.1) is 5.75 Å². The topological polar surface area (TPSA) is 181 Å². The first kappa shape index (κ1) is 24.5. The number of carbonyl (C=O) groups is 3. The third-order valence-electron chi connectivity index (χ3n) is 4.99. The predicted octanol–water partition coefficient (Wildman–Crippen LogP) is -0.451. The number of hydrogen-bond acceptors (Lipinski definition) is 12. The summed E-state index contributed by atoms with van der Waals surface area (Å²) in [5.41, 5.74) is -1.16. The van der Waals surface area contributed by atoms with Crippen LogP contribution in [0.4, 0.5) is 0 Å². The lowest BCUT2D eigenvalue weighted by atomic mass is 9.98. The Balaban J connectivity index is 1.40. The van der Waals surface area contributed by atoms with E-state index in [0.717, 1.165) is 0 Å². The highest BCUT2D eigenvalue weighted by atomic mass is 32.2. The summed E-state index contributed by atoms with van der Waals surface area (Å²) in [6, 6.07) is 0. The van der Waals surface area contributed by atoms with Gasteiger partial charge < -0.3 is 15.2 Å². The average molecular weight is 528 g/mol. The zero-order valence-corrected chi connectivity index (χ0v) is 20.6. The van der Waals surface area contributed by atoms with Gasteiger partial charge in [0.25, 0.3) is 11.6 Å². The summed E-state index contributed by atoms with van der Waals surface area (Å²) in [4.78, 5) is 44.3. The van der Waals surface area contributed by atoms with E-state index in [0.29, 0.717) is 40.4 Å². The van der Waals surface area contributed by atoms with Gasteiger partial charge in [-0.3, -0.25) is 19.6 Å². The number of carboxylic acid groups (broad SMARTS) is 1. The number of amides is 2. The Bertz CT molecular complexity index is 1110. The van der Waals surface area contributed by atoms with Crippen molar-refractivity contribution in [3.63, 3.8) is 0 Å². The molecule has 2 aliphatic heterocycles. The molecule has 2 amide bonds. The first-order valence-corrected chi connectivity index (χ1v) is 13.2. The van der Waals surface area contributed by atoms with E-state index in [9.17, 15) is 19.5 Å². The third kappa shape index (κ3) is 4.64. The van der Waals surface area contributed by atoms with Crippen LogP contribution in [0.2, 0.25) is 0 Å². The zero-order valence-electron chi connectivity index (χ0n) is 18.1. The van der Waals surface area contributed by atoms with Gasteiger partial charge in [0.2, 0.25) is 5.91 Å². The van der Waals surface area contributed by atoms with E-state index in [-0.39, 0.29) is 11.4 Å². The van der Waals surface area contributed by atoms with Crippen LogP contribution in [0.15, 0.2) is 22.8 Å². The molecule has 2 aliphatic rings. The Morgan fingerprint density at radius 1 is 1.47 bits per heavy atom. The molecule has 17 heteroatoms. The second-order valence-corrected chi connectivity index (χ2v) is 10.1. The minimum Gasteiger partial charge on any atom is -0.477 e. The van der Waals surface area contributed by atoms with Gasteiger partial charge in [0.15, 0.2) is 11.0 Å². The second-order valence-electron chi connectivity index (χ2n) is 7.07. The molecule has 1 unspecified atom stereocenters. The highest BCUT2D eigenvalue weighted by Gasteiger charge is 2.66. The van der Waals surface area contributed by atoms with Crippen molar-refractivity contribution in [1.29, 1.82) is 0 Å². The quantitative estimate of drug-likeness (QED) is 0.194. The molecule has 2 aromatic rings. The molecule has 0 aromatic carbocycles. The molecule has 0 radical (unpaired) electrons. The molecule has 0 spiro atoms. The van der Waals surface area contributed by atoms with Crippen molar-refractivity contribution in [2.45, 2.75) is 35.5 Å². The second kappa shape index (κ2) is 10.3. The normalized spacial score (nSPS) is 21.9. The predicted molar refractivity (Wildman–Crippen MR) is 122 cm³/mol. The van der Waals surface area contributed by atoms with Gasteiger partial charge in [-0.15, -0.1) is 33.7 Å². The first-order chi connectivity index (χ1) is 16.4. The van der Waals surface area contributed by atoms with Crippen molar-refractivity contribution >= 4 is 53.1 Å². The summed E-state index contributed by atoms with van der Waals surface area (Å²) in [5.74, 6) is -0.649. The molecule has 182 valence electrons. The average Bonchev–Trinajstić information content (AvgIpc) is 3.52. The summed E-state index contributed by atoms with van der Waals surface area (Å²) in [6.07, 6.45) is 2.02. The van der Waals surface area contributed by atoms with Crippen molar-refractivity contribution in [3.8, 4) is 0 Å². The molecule has 4 rings (SSSR count). The molecule has 3 N–H and O–H groups in total. The molecule has 2 aromatic heterocycles. The van der Waals surface area contributed by atoms with Gasteiger partial charge >= 0.3 is 5.97 Å². The number of nitrogens with zero attached hydrogens (tertiary/aromatic N) is 7. The fourth-order valence-electron chi connectivity index (χ4n) is 3.41. The Kier molecular flexibility index (Phi) is 7.44.